The number of rotatable bonds is 12. The quantitative estimate of drug-likeness (QED) is 0.0903. The number of fused-ring (bicyclic) bond motifs is 1. The zero-order chi connectivity index (χ0) is 31.1. The lowest BCUT2D eigenvalue weighted by Crippen LogP contribution is -2.41. The molecule has 43 heavy (non-hydrogen) atoms. The molecule has 0 saturated carbocycles. The van der Waals surface area contributed by atoms with Crippen LogP contribution in [0.4, 0.5) is 17.5 Å². The summed E-state index contributed by atoms with van der Waals surface area (Å²) >= 11 is 0. The van der Waals surface area contributed by atoms with Gasteiger partial charge in [-0.05, 0) is 61.6 Å². The molecule has 4 rings (SSSR count). The van der Waals surface area contributed by atoms with Gasteiger partial charge in [0.15, 0.2) is 17.0 Å². The highest BCUT2D eigenvalue weighted by molar-refractivity contribution is 6.05. The van der Waals surface area contributed by atoms with Gasteiger partial charge in [-0.1, -0.05) is 12.1 Å². The summed E-state index contributed by atoms with van der Waals surface area (Å²) in [6, 6.07) is 9.36. The van der Waals surface area contributed by atoms with Crippen molar-refractivity contribution in [3.63, 3.8) is 0 Å². The topological polar surface area (TPSA) is 262 Å². The SMILES string of the molecule is Nc1ccc(C(=O)O)c(C(=O)NCCC[C@H](NC(=O)c2ccc(CCc3cnc4nc(N)nc(N)c4n3)cc2)C(=O)O)c1. The van der Waals surface area contributed by atoms with Crippen molar-refractivity contribution in [2.45, 2.75) is 31.7 Å². The first-order chi connectivity index (χ1) is 20.5. The Bertz CT molecular complexity index is 1690. The standard InChI is InChI=1S/C28H29N9O6/c29-16-8-10-18(26(40)41)19(12-16)25(39)32-11-1-2-20(27(42)43)35-24(38)15-6-3-14(4-7-15)5-9-17-13-33-23-21(34-17)22(30)36-28(31)37-23/h3-4,6-8,10,12-13,20H,1-2,5,9,11,29H2,(H,32,39)(H,35,38)(H,40,41)(H,42,43)(H4,30,31,33,36,37)/t20-/m0/s1. The molecule has 0 spiro atoms. The molecule has 2 aromatic heterocycles. The van der Waals surface area contributed by atoms with Crippen LogP contribution in [-0.4, -0.2) is 66.5 Å². The number of aromatic nitrogens is 4. The van der Waals surface area contributed by atoms with E-state index in [2.05, 4.69) is 30.6 Å². The first kappa shape index (κ1) is 30.1. The van der Waals surface area contributed by atoms with Gasteiger partial charge in [0.05, 0.1) is 23.0 Å². The predicted molar refractivity (Wildman–Crippen MR) is 156 cm³/mol. The van der Waals surface area contributed by atoms with Gasteiger partial charge in [-0.3, -0.25) is 9.59 Å². The van der Waals surface area contributed by atoms with Gasteiger partial charge in [-0.2, -0.15) is 9.97 Å². The fourth-order valence-corrected chi connectivity index (χ4v) is 4.24. The molecular formula is C28H29N9O6. The van der Waals surface area contributed by atoms with Gasteiger partial charge in [0, 0.05) is 17.8 Å². The molecule has 0 fully saturated rings. The summed E-state index contributed by atoms with van der Waals surface area (Å²) in [5, 5.41) is 23.9. The summed E-state index contributed by atoms with van der Waals surface area (Å²) in [6.45, 7) is 0.0519. The van der Waals surface area contributed by atoms with Crippen LogP contribution in [0.1, 0.15) is 55.2 Å². The minimum absolute atomic E-state index is 0.0158. The molecule has 2 aromatic carbocycles. The third-order valence-electron chi connectivity index (χ3n) is 6.46. The van der Waals surface area contributed by atoms with Gasteiger partial charge in [0.1, 0.15) is 6.04 Å². The molecule has 0 saturated heterocycles. The highest BCUT2D eigenvalue weighted by Gasteiger charge is 2.21. The van der Waals surface area contributed by atoms with E-state index in [1.165, 1.54) is 18.2 Å². The van der Waals surface area contributed by atoms with Crippen LogP contribution in [0.25, 0.3) is 11.2 Å². The first-order valence-corrected chi connectivity index (χ1v) is 13.1. The van der Waals surface area contributed by atoms with Crippen molar-refractivity contribution in [1.29, 1.82) is 0 Å². The highest BCUT2D eigenvalue weighted by Crippen LogP contribution is 2.16. The average molecular weight is 588 g/mol. The van der Waals surface area contributed by atoms with Crippen LogP contribution in [0.5, 0.6) is 0 Å². The first-order valence-electron chi connectivity index (χ1n) is 13.1. The fraction of sp³-hybridized carbons (Fsp3) is 0.214. The van der Waals surface area contributed by atoms with E-state index in [-0.39, 0.29) is 53.5 Å². The number of carbonyl (C=O) groups excluding carboxylic acids is 2. The second-order valence-electron chi connectivity index (χ2n) is 9.57. The second-order valence-corrected chi connectivity index (χ2v) is 9.57. The molecule has 15 heteroatoms. The molecule has 0 unspecified atom stereocenters. The number of nitrogen functional groups attached to an aromatic ring is 3. The van der Waals surface area contributed by atoms with Crippen molar-refractivity contribution in [1.82, 2.24) is 30.6 Å². The monoisotopic (exact) mass is 587 g/mol. The van der Waals surface area contributed by atoms with Crippen molar-refractivity contribution in [2.75, 3.05) is 23.7 Å². The number of nitrogens with one attached hydrogen (secondary N) is 2. The molecule has 0 aliphatic carbocycles. The summed E-state index contributed by atoms with van der Waals surface area (Å²) in [6.07, 6.45) is 2.93. The smallest absolute Gasteiger partial charge is 0.336 e. The number of aliphatic carboxylic acids is 1. The van der Waals surface area contributed by atoms with E-state index < -0.39 is 29.8 Å². The molecule has 10 N–H and O–H groups in total. The van der Waals surface area contributed by atoms with Crippen molar-refractivity contribution in [2.24, 2.45) is 0 Å². The Balaban J connectivity index is 1.28. The van der Waals surface area contributed by atoms with Gasteiger partial charge >= 0.3 is 11.9 Å². The van der Waals surface area contributed by atoms with Gasteiger partial charge in [0.2, 0.25) is 5.95 Å². The molecule has 0 bridgehead atoms. The lowest BCUT2D eigenvalue weighted by Gasteiger charge is -2.15. The van der Waals surface area contributed by atoms with Crippen LogP contribution in [0.2, 0.25) is 0 Å². The molecule has 0 aliphatic rings. The molecule has 4 aromatic rings. The van der Waals surface area contributed by atoms with E-state index in [0.29, 0.717) is 29.7 Å². The second kappa shape index (κ2) is 13.2. The number of aryl methyl sites for hydroxylation is 2. The summed E-state index contributed by atoms with van der Waals surface area (Å²) < 4.78 is 0. The highest BCUT2D eigenvalue weighted by atomic mass is 16.4. The zero-order valence-corrected chi connectivity index (χ0v) is 22.8. The summed E-state index contributed by atoms with van der Waals surface area (Å²) in [5.74, 6) is -3.57. The number of nitrogens with two attached hydrogens (primary N) is 3. The van der Waals surface area contributed by atoms with Crippen LogP contribution in [0, 0.1) is 0 Å². The summed E-state index contributed by atoms with van der Waals surface area (Å²) in [4.78, 5) is 64.9. The number of hydrogen-bond acceptors (Lipinski definition) is 11. The number of carbonyl (C=O) groups is 4. The average Bonchev–Trinajstić information content (AvgIpc) is 2.97. The minimum Gasteiger partial charge on any atom is -0.480 e. The lowest BCUT2D eigenvalue weighted by atomic mass is 10.0. The van der Waals surface area contributed by atoms with Crippen molar-refractivity contribution >= 4 is 52.4 Å². The van der Waals surface area contributed by atoms with Gasteiger partial charge in [-0.15, -0.1) is 0 Å². The normalized spacial score (nSPS) is 11.5. The Kier molecular flexibility index (Phi) is 9.24. The maximum atomic E-state index is 12.7. The van der Waals surface area contributed by atoms with E-state index >= 15 is 0 Å². The van der Waals surface area contributed by atoms with Gasteiger partial charge in [-0.25, -0.2) is 19.6 Å². The predicted octanol–water partition coefficient (Wildman–Crippen LogP) is 1.04. The summed E-state index contributed by atoms with van der Waals surface area (Å²) in [7, 11) is 0. The molecule has 1 atom stereocenters. The number of carboxylic acid groups (broad SMARTS) is 2. The van der Waals surface area contributed by atoms with Crippen molar-refractivity contribution in [3.8, 4) is 0 Å². The van der Waals surface area contributed by atoms with E-state index in [9.17, 15) is 29.4 Å². The zero-order valence-electron chi connectivity index (χ0n) is 22.8. The third kappa shape index (κ3) is 7.66. The van der Waals surface area contributed by atoms with Crippen LogP contribution < -0.4 is 27.8 Å². The Hall–Kier alpha value is -5.86. The number of anilines is 3. The van der Waals surface area contributed by atoms with E-state index in [4.69, 9.17) is 17.2 Å². The van der Waals surface area contributed by atoms with Crippen LogP contribution in [-0.2, 0) is 17.6 Å². The van der Waals surface area contributed by atoms with Crippen molar-refractivity contribution < 1.29 is 29.4 Å². The maximum Gasteiger partial charge on any atom is 0.336 e. The molecule has 2 amide bonds. The van der Waals surface area contributed by atoms with Gasteiger partial charge < -0.3 is 38.0 Å². The van der Waals surface area contributed by atoms with Crippen LogP contribution in [0.3, 0.4) is 0 Å². The van der Waals surface area contributed by atoms with Crippen LogP contribution >= 0.6 is 0 Å². The maximum absolute atomic E-state index is 12.7. The molecule has 15 nitrogen and oxygen atoms in total. The lowest BCUT2D eigenvalue weighted by molar-refractivity contribution is -0.139. The number of benzene rings is 2. The Morgan fingerprint density at radius 3 is 2.30 bits per heavy atom. The Morgan fingerprint density at radius 2 is 1.60 bits per heavy atom. The largest absolute Gasteiger partial charge is 0.480 e. The minimum atomic E-state index is -1.28. The fourth-order valence-electron chi connectivity index (χ4n) is 4.24. The number of carboxylic acids is 2. The van der Waals surface area contributed by atoms with E-state index in [1.807, 2.05) is 0 Å². The third-order valence-corrected chi connectivity index (χ3v) is 6.46. The summed E-state index contributed by atoms with van der Waals surface area (Å²) in [5.41, 5.74) is 19.6. The van der Waals surface area contributed by atoms with E-state index in [1.54, 1.807) is 30.5 Å². The molecule has 222 valence electrons. The van der Waals surface area contributed by atoms with Crippen LogP contribution in [0.15, 0.2) is 48.7 Å². The molecule has 2 heterocycles. The Labute approximate surface area is 244 Å². The Morgan fingerprint density at radius 1 is 0.860 bits per heavy atom. The van der Waals surface area contributed by atoms with Crippen molar-refractivity contribution in [3.05, 3.63) is 76.6 Å². The number of amides is 2. The number of nitrogens with zero attached hydrogens (tertiary/aromatic N) is 4. The van der Waals surface area contributed by atoms with E-state index in [0.717, 1.165) is 5.56 Å². The molecular weight excluding hydrogens is 558 g/mol. The number of aromatic carboxylic acids is 1. The van der Waals surface area contributed by atoms with Gasteiger partial charge in [0.25, 0.3) is 11.8 Å². The molecule has 0 aliphatic heterocycles. The number of hydrogen-bond donors (Lipinski definition) is 7. The molecule has 0 radical (unpaired) electrons.